The van der Waals surface area contributed by atoms with Crippen LogP contribution < -0.4 is 5.32 Å². The van der Waals surface area contributed by atoms with Gasteiger partial charge in [0.15, 0.2) is 0 Å². The Kier molecular flexibility index (Phi) is 6.50. The van der Waals surface area contributed by atoms with Gasteiger partial charge in [0, 0.05) is 26.1 Å². The summed E-state index contributed by atoms with van der Waals surface area (Å²) in [5.41, 5.74) is 4.68. The van der Waals surface area contributed by atoms with Crippen molar-refractivity contribution in [3.05, 3.63) is 59.7 Å². The number of benzene rings is 2. The summed E-state index contributed by atoms with van der Waals surface area (Å²) in [6.07, 6.45) is 1.15. The highest BCUT2D eigenvalue weighted by Crippen LogP contribution is 2.27. The zero-order chi connectivity index (χ0) is 20.1. The van der Waals surface area contributed by atoms with Crippen LogP contribution in [0, 0.1) is 18.8 Å². The molecular weight excluding hydrogens is 348 g/mol. The largest absolute Gasteiger partial charge is 0.354 e. The van der Waals surface area contributed by atoms with Gasteiger partial charge in [-0.15, -0.1) is 0 Å². The number of hydrogen-bond donors (Lipinski definition) is 1. The molecule has 0 unspecified atom stereocenters. The summed E-state index contributed by atoms with van der Waals surface area (Å²) in [6.45, 7) is 7.78. The molecule has 0 aliphatic carbocycles. The highest BCUT2D eigenvalue weighted by Gasteiger charge is 2.28. The molecule has 1 aliphatic rings. The van der Waals surface area contributed by atoms with Crippen molar-refractivity contribution in [2.24, 2.45) is 11.8 Å². The van der Waals surface area contributed by atoms with Gasteiger partial charge >= 0.3 is 0 Å². The van der Waals surface area contributed by atoms with Gasteiger partial charge in [-0.2, -0.15) is 0 Å². The predicted octanol–water partition coefficient (Wildman–Crippen LogP) is 3.83. The fourth-order valence-electron chi connectivity index (χ4n) is 3.74. The van der Waals surface area contributed by atoms with Crippen LogP contribution in [0.5, 0.6) is 0 Å². The van der Waals surface area contributed by atoms with Gasteiger partial charge in [0.25, 0.3) is 0 Å². The van der Waals surface area contributed by atoms with Crippen LogP contribution in [0.25, 0.3) is 11.1 Å². The van der Waals surface area contributed by atoms with Gasteiger partial charge in [0.05, 0.1) is 5.92 Å². The number of nitrogens with one attached hydrogen (secondary N) is 1. The summed E-state index contributed by atoms with van der Waals surface area (Å²) in [4.78, 5) is 27.1. The van der Waals surface area contributed by atoms with Crippen molar-refractivity contribution in [1.82, 2.24) is 10.2 Å². The Morgan fingerprint density at radius 1 is 1.14 bits per heavy atom. The normalized spacial score (nSPS) is 17.4. The molecule has 1 N–H and O–H groups in total. The molecule has 0 radical (unpaired) electrons. The lowest BCUT2D eigenvalue weighted by atomic mass is 9.91. The molecule has 148 valence electrons. The summed E-state index contributed by atoms with van der Waals surface area (Å²) in [5, 5.41) is 2.99. The van der Waals surface area contributed by atoms with Gasteiger partial charge in [-0.3, -0.25) is 9.59 Å². The maximum Gasteiger partial charge on any atom is 0.225 e. The fraction of sp³-hybridized carbons (Fsp3) is 0.417. The van der Waals surface area contributed by atoms with E-state index in [0.717, 1.165) is 16.7 Å². The lowest BCUT2D eigenvalue weighted by molar-refractivity contribution is -0.132. The van der Waals surface area contributed by atoms with Gasteiger partial charge in [-0.05, 0) is 36.0 Å². The van der Waals surface area contributed by atoms with Gasteiger partial charge < -0.3 is 10.2 Å². The van der Waals surface area contributed by atoms with Gasteiger partial charge in [-0.25, -0.2) is 0 Å². The van der Waals surface area contributed by atoms with E-state index in [0.29, 0.717) is 38.4 Å². The number of amides is 2. The van der Waals surface area contributed by atoms with Gasteiger partial charge in [0.2, 0.25) is 11.8 Å². The van der Waals surface area contributed by atoms with E-state index in [1.165, 1.54) is 5.56 Å². The molecule has 28 heavy (non-hydrogen) atoms. The third-order valence-corrected chi connectivity index (χ3v) is 5.27. The average molecular weight is 379 g/mol. The second-order valence-corrected chi connectivity index (χ2v) is 8.15. The van der Waals surface area contributed by atoms with Crippen LogP contribution in [0.3, 0.4) is 0 Å². The Morgan fingerprint density at radius 3 is 2.57 bits per heavy atom. The molecule has 2 amide bonds. The fourth-order valence-corrected chi connectivity index (χ4v) is 3.74. The summed E-state index contributed by atoms with van der Waals surface area (Å²) < 4.78 is 0. The molecule has 1 heterocycles. The quantitative estimate of drug-likeness (QED) is 0.860. The van der Waals surface area contributed by atoms with Crippen LogP contribution in [0.2, 0.25) is 0 Å². The van der Waals surface area contributed by atoms with Crippen LogP contribution >= 0.6 is 0 Å². The highest BCUT2D eigenvalue weighted by atomic mass is 16.2. The summed E-state index contributed by atoms with van der Waals surface area (Å²) >= 11 is 0. The molecule has 0 saturated carbocycles. The third-order valence-electron chi connectivity index (χ3n) is 5.27. The molecule has 2 aromatic carbocycles. The molecule has 0 spiro atoms. The van der Waals surface area contributed by atoms with E-state index in [4.69, 9.17) is 0 Å². The van der Waals surface area contributed by atoms with Crippen LogP contribution in [0.15, 0.2) is 48.5 Å². The first kappa shape index (κ1) is 20.1. The zero-order valence-electron chi connectivity index (χ0n) is 17.1. The SMILES string of the molecule is Cc1ccc(-c2ccccc2C[C@H]2CN(C(=O)CC(C)C)CCNC2=O)cc1. The Morgan fingerprint density at radius 2 is 1.86 bits per heavy atom. The minimum atomic E-state index is -0.231. The van der Waals surface area contributed by atoms with Crippen molar-refractivity contribution >= 4 is 11.8 Å². The maximum absolute atomic E-state index is 12.7. The van der Waals surface area contributed by atoms with Crippen molar-refractivity contribution in [2.75, 3.05) is 19.6 Å². The van der Waals surface area contributed by atoms with Crippen molar-refractivity contribution in [2.45, 2.75) is 33.6 Å². The Hall–Kier alpha value is -2.62. The molecule has 1 aliphatic heterocycles. The Balaban J connectivity index is 1.82. The molecule has 0 bridgehead atoms. The highest BCUT2D eigenvalue weighted by molar-refractivity contribution is 5.82. The minimum absolute atomic E-state index is 0.0403. The van der Waals surface area contributed by atoms with E-state index in [1.54, 1.807) is 0 Å². The summed E-state index contributed by atoms with van der Waals surface area (Å²) in [6, 6.07) is 16.7. The van der Waals surface area contributed by atoms with E-state index in [2.05, 4.69) is 62.5 Å². The molecule has 4 nitrogen and oxygen atoms in total. The van der Waals surface area contributed by atoms with Crippen LogP contribution in [-0.4, -0.2) is 36.3 Å². The van der Waals surface area contributed by atoms with E-state index < -0.39 is 0 Å². The van der Waals surface area contributed by atoms with Crippen LogP contribution in [0.4, 0.5) is 0 Å². The lowest BCUT2D eigenvalue weighted by Gasteiger charge is -2.24. The first-order valence-electron chi connectivity index (χ1n) is 10.1. The predicted molar refractivity (Wildman–Crippen MR) is 113 cm³/mol. The molecule has 3 rings (SSSR count). The summed E-state index contributed by atoms with van der Waals surface area (Å²) in [5.74, 6) is 0.271. The average Bonchev–Trinajstić information content (AvgIpc) is 2.84. The monoisotopic (exact) mass is 378 g/mol. The third kappa shape index (κ3) is 5.00. The van der Waals surface area contributed by atoms with Crippen molar-refractivity contribution in [3.8, 4) is 11.1 Å². The Bertz CT molecular complexity index is 827. The van der Waals surface area contributed by atoms with Gasteiger partial charge in [0.1, 0.15) is 0 Å². The number of carbonyl (C=O) groups excluding carboxylic acids is 2. The number of carbonyl (C=O) groups is 2. The van der Waals surface area contributed by atoms with E-state index in [1.807, 2.05) is 17.0 Å². The standard InChI is InChI=1S/C24H30N2O2/c1-17(2)14-23(27)26-13-12-25-24(28)21(16-26)15-20-6-4-5-7-22(20)19-10-8-18(3)9-11-19/h4-11,17,21H,12-16H2,1-3H3,(H,25,28)/t21-/m0/s1. The molecule has 1 saturated heterocycles. The zero-order valence-corrected chi connectivity index (χ0v) is 17.1. The number of nitrogens with zero attached hydrogens (tertiary/aromatic N) is 1. The molecule has 1 atom stereocenters. The number of hydrogen-bond acceptors (Lipinski definition) is 2. The first-order chi connectivity index (χ1) is 13.4. The van der Waals surface area contributed by atoms with Crippen molar-refractivity contribution < 1.29 is 9.59 Å². The number of aryl methyl sites for hydroxylation is 1. The molecular formula is C24H30N2O2. The van der Waals surface area contributed by atoms with E-state index >= 15 is 0 Å². The maximum atomic E-state index is 12.7. The summed E-state index contributed by atoms with van der Waals surface area (Å²) in [7, 11) is 0. The molecule has 2 aromatic rings. The topological polar surface area (TPSA) is 49.4 Å². The van der Waals surface area contributed by atoms with E-state index in [-0.39, 0.29) is 17.7 Å². The van der Waals surface area contributed by atoms with Crippen LogP contribution in [-0.2, 0) is 16.0 Å². The molecule has 4 heteroatoms. The van der Waals surface area contributed by atoms with Crippen molar-refractivity contribution in [3.63, 3.8) is 0 Å². The smallest absolute Gasteiger partial charge is 0.225 e. The second kappa shape index (κ2) is 9.05. The van der Waals surface area contributed by atoms with Gasteiger partial charge in [-0.1, -0.05) is 67.9 Å². The number of rotatable bonds is 5. The first-order valence-corrected chi connectivity index (χ1v) is 10.1. The molecule has 1 fully saturated rings. The van der Waals surface area contributed by atoms with Crippen LogP contribution in [0.1, 0.15) is 31.4 Å². The minimum Gasteiger partial charge on any atom is -0.354 e. The second-order valence-electron chi connectivity index (χ2n) is 8.15. The van der Waals surface area contributed by atoms with E-state index in [9.17, 15) is 9.59 Å². The van der Waals surface area contributed by atoms with Crippen molar-refractivity contribution in [1.29, 1.82) is 0 Å². The molecule has 0 aromatic heterocycles. The lowest BCUT2D eigenvalue weighted by Crippen LogP contribution is -2.37. The Labute approximate surface area is 167 Å².